The third-order valence-electron chi connectivity index (χ3n) is 3.73. The molecule has 2 N–H and O–H groups in total. The van der Waals surface area contributed by atoms with Crippen LogP contribution in [0.1, 0.15) is 16.7 Å². The Hall–Kier alpha value is -3.14. The maximum Gasteiger partial charge on any atom is 0.573 e. The number of rotatable bonds is 6. The highest BCUT2D eigenvalue weighted by molar-refractivity contribution is 14.1. The van der Waals surface area contributed by atoms with Gasteiger partial charge in [-0.1, -0.05) is 34.7 Å². The van der Waals surface area contributed by atoms with Gasteiger partial charge in [-0.2, -0.15) is 10.4 Å². The van der Waals surface area contributed by atoms with E-state index < -0.39 is 17.9 Å². The zero-order valence-electron chi connectivity index (χ0n) is 15.0. The van der Waals surface area contributed by atoms with Crippen LogP contribution < -0.4 is 10.1 Å². The Balaban J connectivity index is 1.79. The molecule has 0 atom stereocenters. The Morgan fingerprint density at radius 3 is 2.73 bits per heavy atom. The standard InChI is InChI=1S/C19H12F4IN5O/c20-15-7-12(4-5-16(15)30-19(21,22)23)10-26-17-14(9-25)18(29-28-17)27-13-3-1-2-11(6-13)8-24/h1-7,10H,8H2,(H2,27,28,29)/b26-10+. The molecule has 11 heteroatoms. The number of nitriles is 1. The molecular weight excluding hydrogens is 517 g/mol. The Morgan fingerprint density at radius 2 is 2.07 bits per heavy atom. The van der Waals surface area contributed by atoms with E-state index in [2.05, 4.69) is 47.8 Å². The molecule has 1 aromatic heterocycles. The normalized spacial score (nSPS) is 11.5. The lowest BCUT2D eigenvalue weighted by atomic mass is 10.2. The minimum Gasteiger partial charge on any atom is -0.403 e. The fraction of sp³-hybridized carbons (Fsp3) is 0.105. The van der Waals surface area contributed by atoms with Gasteiger partial charge in [0.15, 0.2) is 23.2 Å². The first-order valence-electron chi connectivity index (χ1n) is 8.29. The van der Waals surface area contributed by atoms with E-state index in [9.17, 15) is 22.8 Å². The lowest BCUT2D eigenvalue weighted by molar-refractivity contribution is -0.275. The van der Waals surface area contributed by atoms with E-state index in [0.717, 1.165) is 27.8 Å². The van der Waals surface area contributed by atoms with E-state index in [0.29, 0.717) is 0 Å². The van der Waals surface area contributed by atoms with Crippen molar-refractivity contribution in [2.24, 2.45) is 4.99 Å². The lowest BCUT2D eigenvalue weighted by Gasteiger charge is -2.09. The molecule has 6 nitrogen and oxygen atoms in total. The highest BCUT2D eigenvalue weighted by Crippen LogP contribution is 2.28. The van der Waals surface area contributed by atoms with E-state index in [4.69, 9.17) is 0 Å². The summed E-state index contributed by atoms with van der Waals surface area (Å²) in [5.74, 6) is -1.77. The highest BCUT2D eigenvalue weighted by Gasteiger charge is 2.32. The quantitative estimate of drug-likeness (QED) is 0.184. The zero-order valence-corrected chi connectivity index (χ0v) is 17.1. The van der Waals surface area contributed by atoms with Gasteiger partial charge in [0.1, 0.15) is 11.6 Å². The number of hydrogen-bond acceptors (Lipinski definition) is 5. The van der Waals surface area contributed by atoms with Crippen LogP contribution in [0.4, 0.5) is 34.9 Å². The Morgan fingerprint density at radius 1 is 1.27 bits per heavy atom. The second-order valence-corrected chi connectivity index (χ2v) is 6.63. The van der Waals surface area contributed by atoms with Crippen LogP contribution in [-0.4, -0.2) is 22.8 Å². The average Bonchev–Trinajstić information content (AvgIpc) is 3.09. The number of aromatic nitrogens is 2. The summed E-state index contributed by atoms with van der Waals surface area (Å²) in [5, 5.41) is 19.1. The van der Waals surface area contributed by atoms with Crippen molar-refractivity contribution < 1.29 is 22.3 Å². The van der Waals surface area contributed by atoms with Gasteiger partial charge < -0.3 is 10.1 Å². The number of alkyl halides is 4. The summed E-state index contributed by atoms with van der Waals surface area (Å²) in [6.07, 6.45) is -3.80. The van der Waals surface area contributed by atoms with Gasteiger partial charge in [0.2, 0.25) is 0 Å². The van der Waals surface area contributed by atoms with Gasteiger partial charge in [0.25, 0.3) is 0 Å². The van der Waals surface area contributed by atoms with Gasteiger partial charge in [-0.15, -0.1) is 13.2 Å². The summed E-state index contributed by atoms with van der Waals surface area (Å²) >= 11 is 2.23. The molecule has 0 saturated heterocycles. The molecule has 3 rings (SSSR count). The topological polar surface area (TPSA) is 86.1 Å². The molecule has 0 radical (unpaired) electrons. The van der Waals surface area contributed by atoms with Crippen LogP contribution in [0.25, 0.3) is 0 Å². The monoisotopic (exact) mass is 529 g/mol. The third-order valence-corrected chi connectivity index (χ3v) is 4.61. The summed E-state index contributed by atoms with van der Waals surface area (Å²) in [4.78, 5) is 4.05. The average molecular weight is 529 g/mol. The molecule has 0 fully saturated rings. The molecule has 30 heavy (non-hydrogen) atoms. The third kappa shape index (κ3) is 5.47. The van der Waals surface area contributed by atoms with Gasteiger partial charge in [-0.25, -0.2) is 9.38 Å². The SMILES string of the molecule is N#Cc1c(Nc2cccc(CI)c2)n[nH]c1/N=C/c1ccc(OC(F)(F)F)c(F)c1. The van der Waals surface area contributed by atoms with Gasteiger partial charge in [0, 0.05) is 16.3 Å². The number of ether oxygens (including phenoxy) is 1. The van der Waals surface area contributed by atoms with E-state index >= 15 is 0 Å². The van der Waals surface area contributed by atoms with Gasteiger partial charge in [0.05, 0.1) is 0 Å². The first-order valence-corrected chi connectivity index (χ1v) is 9.81. The maximum absolute atomic E-state index is 13.8. The molecule has 0 saturated carbocycles. The zero-order chi connectivity index (χ0) is 21.7. The maximum atomic E-state index is 13.8. The second-order valence-electron chi connectivity index (χ2n) is 5.86. The molecule has 1 heterocycles. The first kappa shape index (κ1) is 21.6. The largest absolute Gasteiger partial charge is 0.573 e. The van der Waals surface area contributed by atoms with Crippen LogP contribution in [0.15, 0.2) is 47.5 Å². The van der Waals surface area contributed by atoms with Crippen molar-refractivity contribution in [3.8, 4) is 11.8 Å². The Bertz CT molecular complexity index is 1120. The van der Waals surface area contributed by atoms with E-state index in [1.165, 1.54) is 12.3 Å². The van der Waals surface area contributed by atoms with Crippen molar-refractivity contribution in [1.29, 1.82) is 5.26 Å². The molecule has 0 aliphatic rings. The second kappa shape index (κ2) is 9.12. The summed E-state index contributed by atoms with van der Waals surface area (Å²) in [6, 6.07) is 12.4. The Kier molecular flexibility index (Phi) is 6.56. The minimum atomic E-state index is -4.99. The molecule has 0 aliphatic heterocycles. The summed E-state index contributed by atoms with van der Waals surface area (Å²) < 4.78 is 54.8. The molecule has 3 aromatic rings. The molecule has 0 unspecified atom stereocenters. The predicted octanol–water partition coefficient (Wildman–Crippen LogP) is 5.75. The number of nitrogens with zero attached hydrogens (tertiary/aromatic N) is 3. The highest BCUT2D eigenvalue weighted by atomic mass is 127. The number of anilines is 2. The van der Waals surface area contributed by atoms with E-state index in [-0.39, 0.29) is 22.8 Å². The minimum absolute atomic E-state index is 0.112. The number of aliphatic imine (C=N–C) groups is 1. The molecular formula is C19H12F4IN5O. The van der Waals surface area contributed by atoms with Crippen LogP contribution in [-0.2, 0) is 4.43 Å². The van der Waals surface area contributed by atoms with Crippen LogP contribution in [0.2, 0.25) is 0 Å². The Labute approximate surface area is 181 Å². The fourth-order valence-electron chi connectivity index (χ4n) is 2.44. The molecule has 0 spiro atoms. The number of nitrogens with one attached hydrogen (secondary N) is 2. The van der Waals surface area contributed by atoms with E-state index in [1.54, 1.807) is 0 Å². The van der Waals surface area contributed by atoms with Crippen molar-refractivity contribution in [1.82, 2.24) is 10.2 Å². The van der Waals surface area contributed by atoms with Crippen LogP contribution in [0, 0.1) is 17.1 Å². The number of hydrogen-bond donors (Lipinski definition) is 2. The van der Waals surface area contributed by atoms with Crippen molar-refractivity contribution in [3.05, 3.63) is 65.0 Å². The van der Waals surface area contributed by atoms with Crippen molar-refractivity contribution in [2.75, 3.05) is 5.32 Å². The van der Waals surface area contributed by atoms with Gasteiger partial charge >= 0.3 is 6.36 Å². The van der Waals surface area contributed by atoms with Crippen LogP contribution >= 0.6 is 22.6 Å². The lowest BCUT2D eigenvalue weighted by Crippen LogP contribution is -2.18. The molecule has 0 amide bonds. The summed E-state index contributed by atoms with van der Waals surface area (Å²) in [6.45, 7) is 0. The smallest absolute Gasteiger partial charge is 0.403 e. The van der Waals surface area contributed by atoms with Crippen molar-refractivity contribution in [2.45, 2.75) is 10.8 Å². The molecule has 0 bridgehead atoms. The molecule has 2 aromatic carbocycles. The van der Waals surface area contributed by atoms with Gasteiger partial charge in [-0.3, -0.25) is 5.10 Å². The van der Waals surface area contributed by atoms with Crippen molar-refractivity contribution >= 4 is 46.1 Å². The van der Waals surface area contributed by atoms with Crippen LogP contribution in [0.5, 0.6) is 5.75 Å². The molecule has 0 aliphatic carbocycles. The van der Waals surface area contributed by atoms with E-state index in [1.807, 2.05) is 30.3 Å². The molecule has 154 valence electrons. The fourth-order valence-corrected chi connectivity index (χ4v) is 2.91. The number of H-pyrrole nitrogens is 1. The number of benzene rings is 2. The van der Waals surface area contributed by atoms with Gasteiger partial charge in [-0.05, 0) is 41.5 Å². The predicted molar refractivity (Wildman–Crippen MR) is 111 cm³/mol. The van der Waals surface area contributed by atoms with Crippen LogP contribution in [0.3, 0.4) is 0 Å². The first-order chi connectivity index (χ1) is 14.3. The summed E-state index contributed by atoms with van der Waals surface area (Å²) in [5.41, 5.74) is 2.13. The number of aromatic amines is 1. The number of halogens is 5. The van der Waals surface area contributed by atoms with Crippen molar-refractivity contribution in [3.63, 3.8) is 0 Å². The summed E-state index contributed by atoms with van der Waals surface area (Å²) in [7, 11) is 0.